The normalized spacial score (nSPS) is 14.5. The summed E-state index contributed by atoms with van der Waals surface area (Å²) < 4.78 is 5.09. The summed E-state index contributed by atoms with van der Waals surface area (Å²) in [6.45, 7) is 2.31. The molecule has 6 heteroatoms. The van der Waals surface area contributed by atoms with Gasteiger partial charge < -0.3 is 19.3 Å². The van der Waals surface area contributed by atoms with E-state index in [1.54, 1.807) is 24.3 Å². The molecule has 0 aromatic carbocycles. The third-order valence-corrected chi connectivity index (χ3v) is 5.24. The molecule has 0 saturated heterocycles. The Labute approximate surface area is 159 Å². The van der Waals surface area contributed by atoms with Crippen molar-refractivity contribution in [1.29, 1.82) is 0 Å². The smallest absolute Gasteiger partial charge is 0.108 e. The van der Waals surface area contributed by atoms with Crippen molar-refractivity contribution in [1.82, 2.24) is 14.8 Å². The average molecular weight is 372 g/mol. The molecule has 0 fully saturated rings. The van der Waals surface area contributed by atoms with Gasteiger partial charge in [0.2, 0.25) is 0 Å². The number of allylic oxidation sites excluding steroid dienone is 1. The monoisotopic (exact) mass is 371 g/mol. The molecule has 0 aliphatic carbocycles. The molecule has 26 heavy (non-hydrogen) atoms. The van der Waals surface area contributed by atoms with Crippen LogP contribution in [0.5, 0.6) is 0 Å². The maximum absolute atomic E-state index is 10.3. The first-order chi connectivity index (χ1) is 12.6. The number of pyridine rings is 1. The first-order valence-corrected chi connectivity index (χ1v) is 9.64. The number of hydrogen-bond acceptors (Lipinski definition) is 6. The lowest BCUT2D eigenvalue weighted by Gasteiger charge is -2.32. The Balaban J connectivity index is 1.47. The van der Waals surface area contributed by atoms with Crippen LogP contribution in [0.2, 0.25) is 0 Å². The molecule has 1 aliphatic rings. The predicted molar refractivity (Wildman–Crippen MR) is 106 cm³/mol. The number of hydrogen-bond donors (Lipinski definition) is 1. The van der Waals surface area contributed by atoms with Gasteiger partial charge >= 0.3 is 0 Å². The number of aliphatic hydroxyl groups excluding tert-OH is 1. The highest BCUT2D eigenvalue weighted by Gasteiger charge is 2.18. The lowest BCUT2D eigenvalue weighted by molar-refractivity contribution is 0.303. The van der Waals surface area contributed by atoms with E-state index in [4.69, 9.17) is 4.42 Å². The Morgan fingerprint density at radius 2 is 2.27 bits per heavy atom. The average Bonchev–Trinajstić information content (AvgIpc) is 3.10. The molecule has 1 aliphatic heterocycles. The van der Waals surface area contributed by atoms with E-state index in [2.05, 4.69) is 41.0 Å². The van der Waals surface area contributed by atoms with E-state index in [-0.39, 0.29) is 0 Å². The molecule has 2 aromatic heterocycles. The van der Waals surface area contributed by atoms with Crippen molar-refractivity contribution in [3.05, 3.63) is 76.7 Å². The summed E-state index contributed by atoms with van der Waals surface area (Å²) in [4.78, 5) is 8.70. The molecule has 0 spiro atoms. The minimum absolute atomic E-state index is 0.388. The standard InChI is InChI=1S/C20H25N3O2S/c1-22(2)12-16-5-8-21-18(11-16)3-4-19(24)13-23-9-6-20(23)26-15-17-7-10-25-14-17/h4-8,10-11,14,24H,3,9,12-13,15H2,1-2H3/b19-4-. The summed E-state index contributed by atoms with van der Waals surface area (Å²) in [5.41, 5.74) is 3.38. The molecule has 0 amide bonds. The maximum atomic E-state index is 10.3. The summed E-state index contributed by atoms with van der Waals surface area (Å²) >= 11 is 1.76. The zero-order valence-corrected chi connectivity index (χ0v) is 16.1. The third-order valence-electron chi connectivity index (χ3n) is 4.04. The second kappa shape index (κ2) is 8.96. The zero-order chi connectivity index (χ0) is 18.4. The van der Waals surface area contributed by atoms with Gasteiger partial charge in [-0.1, -0.05) is 0 Å². The van der Waals surface area contributed by atoms with Gasteiger partial charge in [-0.15, -0.1) is 11.8 Å². The molecular weight excluding hydrogens is 346 g/mol. The van der Waals surface area contributed by atoms with E-state index >= 15 is 0 Å². The summed E-state index contributed by atoms with van der Waals surface area (Å²) in [7, 11) is 4.10. The molecule has 2 aromatic rings. The van der Waals surface area contributed by atoms with Gasteiger partial charge in [-0.3, -0.25) is 4.98 Å². The van der Waals surface area contributed by atoms with E-state index in [1.165, 1.54) is 16.2 Å². The van der Waals surface area contributed by atoms with Crippen LogP contribution in [0.3, 0.4) is 0 Å². The van der Waals surface area contributed by atoms with E-state index < -0.39 is 0 Å². The molecule has 3 rings (SSSR count). The number of nitrogens with zero attached hydrogens (tertiary/aromatic N) is 3. The van der Waals surface area contributed by atoms with E-state index in [1.807, 2.05) is 24.4 Å². The highest BCUT2D eigenvalue weighted by molar-refractivity contribution is 8.02. The van der Waals surface area contributed by atoms with Gasteiger partial charge in [-0.05, 0) is 50.0 Å². The molecule has 3 heterocycles. The van der Waals surface area contributed by atoms with E-state index in [0.717, 1.165) is 24.5 Å². The van der Waals surface area contributed by atoms with Crippen LogP contribution in [0.1, 0.15) is 16.8 Å². The van der Waals surface area contributed by atoms with Gasteiger partial charge in [0.05, 0.1) is 24.1 Å². The number of thioether (sulfide) groups is 1. The quantitative estimate of drug-likeness (QED) is 0.677. The Bertz CT molecular complexity index is 769. The van der Waals surface area contributed by atoms with Gasteiger partial charge in [0, 0.05) is 42.7 Å². The van der Waals surface area contributed by atoms with Crippen LogP contribution in [0.25, 0.3) is 0 Å². The van der Waals surface area contributed by atoms with E-state index in [0.29, 0.717) is 18.7 Å². The number of aliphatic hydroxyl groups is 1. The minimum Gasteiger partial charge on any atom is -0.511 e. The van der Waals surface area contributed by atoms with Crippen molar-refractivity contribution in [3.63, 3.8) is 0 Å². The predicted octanol–water partition coefficient (Wildman–Crippen LogP) is 3.81. The second-order valence-electron chi connectivity index (χ2n) is 6.64. The molecule has 5 nitrogen and oxygen atoms in total. The van der Waals surface area contributed by atoms with Crippen LogP contribution in [-0.4, -0.2) is 47.1 Å². The molecule has 0 bridgehead atoms. The Morgan fingerprint density at radius 3 is 2.96 bits per heavy atom. The third kappa shape index (κ3) is 5.41. The lowest BCUT2D eigenvalue weighted by Crippen LogP contribution is -2.31. The maximum Gasteiger partial charge on any atom is 0.108 e. The fraction of sp³-hybridized carbons (Fsp3) is 0.350. The van der Waals surface area contributed by atoms with Gasteiger partial charge in [0.15, 0.2) is 0 Å². The van der Waals surface area contributed by atoms with Crippen molar-refractivity contribution in [2.75, 3.05) is 27.2 Å². The number of furan rings is 1. The molecule has 0 atom stereocenters. The van der Waals surface area contributed by atoms with Crippen LogP contribution in [0, 0.1) is 0 Å². The van der Waals surface area contributed by atoms with Gasteiger partial charge in [0.1, 0.15) is 5.76 Å². The zero-order valence-electron chi connectivity index (χ0n) is 15.3. The molecule has 0 radical (unpaired) electrons. The number of rotatable bonds is 9. The van der Waals surface area contributed by atoms with Crippen LogP contribution in [0.4, 0.5) is 0 Å². The van der Waals surface area contributed by atoms with Crippen molar-refractivity contribution in [3.8, 4) is 0 Å². The van der Waals surface area contributed by atoms with Crippen LogP contribution >= 0.6 is 11.8 Å². The van der Waals surface area contributed by atoms with Crippen LogP contribution in [0.15, 0.2) is 64.3 Å². The molecule has 0 saturated carbocycles. The first kappa shape index (κ1) is 18.6. The fourth-order valence-electron chi connectivity index (χ4n) is 2.71. The molecule has 0 unspecified atom stereocenters. The summed E-state index contributed by atoms with van der Waals surface area (Å²) in [6, 6.07) is 6.10. The van der Waals surface area contributed by atoms with Gasteiger partial charge in [0.25, 0.3) is 0 Å². The molecular formula is C20H25N3O2S. The Morgan fingerprint density at radius 1 is 1.38 bits per heavy atom. The number of aromatic nitrogens is 1. The topological polar surface area (TPSA) is 52.7 Å². The Kier molecular flexibility index (Phi) is 6.41. The van der Waals surface area contributed by atoms with Crippen molar-refractivity contribution < 1.29 is 9.52 Å². The van der Waals surface area contributed by atoms with Crippen molar-refractivity contribution in [2.45, 2.75) is 18.7 Å². The Hall–Kier alpha value is -2.18. The largest absolute Gasteiger partial charge is 0.511 e. The van der Waals surface area contributed by atoms with Crippen LogP contribution in [-0.2, 0) is 18.7 Å². The molecule has 1 N–H and O–H groups in total. The van der Waals surface area contributed by atoms with Gasteiger partial charge in [-0.25, -0.2) is 0 Å². The summed E-state index contributed by atoms with van der Waals surface area (Å²) in [5.74, 6) is 1.27. The highest BCUT2D eigenvalue weighted by Crippen LogP contribution is 2.30. The van der Waals surface area contributed by atoms with Crippen molar-refractivity contribution >= 4 is 11.8 Å². The first-order valence-electron chi connectivity index (χ1n) is 8.65. The lowest BCUT2D eigenvalue weighted by atomic mass is 10.1. The summed E-state index contributed by atoms with van der Waals surface area (Å²) in [5, 5.41) is 11.5. The second-order valence-corrected chi connectivity index (χ2v) is 7.63. The minimum atomic E-state index is 0.388. The SMILES string of the molecule is CN(C)Cc1ccnc(C/C=C(\O)CN2CC=C2SCc2ccoc2)c1. The van der Waals surface area contributed by atoms with Crippen LogP contribution < -0.4 is 0 Å². The fourth-order valence-corrected chi connectivity index (χ4v) is 3.70. The van der Waals surface area contributed by atoms with Gasteiger partial charge in [-0.2, -0.15) is 0 Å². The van der Waals surface area contributed by atoms with Crippen molar-refractivity contribution in [2.24, 2.45) is 0 Å². The summed E-state index contributed by atoms with van der Waals surface area (Å²) in [6.07, 6.45) is 9.98. The highest BCUT2D eigenvalue weighted by atomic mass is 32.2. The molecule has 138 valence electrons. The van der Waals surface area contributed by atoms with E-state index in [9.17, 15) is 5.11 Å².